The number of benzene rings is 1. The summed E-state index contributed by atoms with van der Waals surface area (Å²) in [6.07, 6.45) is 4.04. The van der Waals surface area contributed by atoms with E-state index in [1.807, 2.05) is 0 Å². The number of nitrogens with zero attached hydrogens (tertiary/aromatic N) is 1. The lowest BCUT2D eigenvalue weighted by atomic mass is 9.92. The highest BCUT2D eigenvalue weighted by atomic mass is 16.5. The first-order chi connectivity index (χ1) is 10.2. The first-order valence-electron chi connectivity index (χ1n) is 7.97. The van der Waals surface area contributed by atoms with Gasteiger partial charge in [0.1, 0.15) is 6.10 Å². The number of methoxy groups -OCH3 is 1. The molecule has 1 aromatic carbocycles. The van der Waals surface area contributed by atoms with E-state index in [1.54, 1.807) is 7.11 Å². The highest BCUT2D eigenvalue weighted by Gasteiger charge is 2.26. The normalized spacial score (nSPS) is 23.6. The van der Waals surface area contributed by atoms with Crippen molar-refractivity contribution in [2.75, 3.05) is 40.3 Å². The van der Waals surface area contributed by atoms with E-state index in [2.05, 4.69) is 35.5 Å². The highest BCUT2D eigenvalue weighted by Crippen LogP contribution is 2.31. The topological polar surface area (TPSA) is 33.7 Å². The molecular weight excluding hydrogens is 264 g/mol. The zero-order chi connectivity index (χ0) is 14.7. The van der Waals surface area contributed by atoms with Gasteiger partial charge < -0.3 is 14.8 Å². The van der Waals surface area contributed by atoms with Crippen molar-refractivity contribution >= 4 is 0 Å². The van der Waals surface area contributed by atoms with Gasteiger partial charge in [0.25, 0.3) is 0 Å². The van der Waals surface area contributed by atoms with Crippen molar-refractivity contribution in [1.29, 1.82) is 0 Å². The first kappa shape index (κ1) is 14.7. The maximum Gasteiger partial charge on any atom is 0.161 e. The zero-order valence-corrected chi connectivity index (χ0v) is 13.1. The molecule has 116 valence electrons. The second kappa shape index (κ2) is 6.67. The van der Waals surface area contributed by atoms with Crippen molar-refractivity contribution in [2.24, 2.45) is 5.92 Å². The Labute approximate surface area is 127 Å². The molecule has 2 saturated heterocycles. The molecule has 4 nitrogen and oxygen atoms in total. The van der Waals surface area contributed by atoms with Crippen LogP contribution in [0.3, 0.4) is 0 Å². The van der Waals surface area contributed by atoms with E-state index in [4.69, 9.17) is 9.47 Å². The Morgan fingerprint density at radius 3 is 2.81 bits per heavy atom. The van der Waals surface area contributed by atoms with Gasteiger partial charge in [-0.15, -0.1) is 0 Å². The predicted molar refractivity (Wildman–Crippen MR) is 84.2 cm³/mol. The van der Waals surface area contributed by atoms with Crippen LogP contribution >= 0.6 is 0 Å². The lowest BCUT2D eigenvalue weighted by Crippen LogP contribution is -2.51. The molecule has 2 heterocycles. The first-order valence-corrected chi connectivity index (χ1v) is 7.97. The highest BCUT2D eigenvalue weighted by molar-refractivity contribution is 5.43. The number of ether oxygens (including phenoxy) is 2. The van der Waals surface area contributed by atoms with E-state index in [-0.39, 0.29) is 0 Å². The van der Waals surface area contributed by atoms with Gasteiger partial charge in [-0.05, 0) is 63.0 Å². The summed E-state index contributed by atoms with van der Waals surface area (Å²) < 4.78 is 11.5. The molecule has 1 N–H and O–H groups in total. The van der Waals surface area contributed by atoms with Crippen LogP contribution in [0.2, 0.25) is 0 Å². The summed E-state index contributed by atoms with van der Waals surface area (Å²) in [5.74, 6) is 2.49. The number of hydrogen-bond acceptors (Lipinski definition) is 4. The van der Waals surface area contributed by atoms with E-state index in [0.29, 0.717) is 6.10 Å². The minimum atomic E-state index is 0.303. The van der Waals surface area contributed by atoms with Crippen LogP contribution in [0.5, 0.6) is 11.5 Å². The maximum atomic E-state index is 6.01. The SMILES string of the molecule is COc1cc(CC2CCCNC2)ccc1OC1CN(C)C1. The summed E-state index contributed by atoms with van der Waals surface area (Å²) >= 11 is 0. The molecule has 0 aromatic heterocycles. The molecule has 3 rings (SSSR count). The van der Waals surface area contributed by atoms with Crippen molar-refractivity contribution in [2.45, 2.75) is 25.4 Å². The molecule has 0 bridgehead atoms. The van der Waals surface area contributed by atoms with Gasteiger partial charge in [0.2, 0.25) is 0 Å². The Balaban J connectivity index is 1.63. The van der Waals surface area contributed by atoms with Gasteiger partial charge in [-0.1, -0.05) is 6.07 Å². The fraction of sp³-hybridized carbons (Fsp3) is 0.647. The summed E-state index contributed by atoms with van der Waals surface area (Å²) in [5, 5.41) is 3.48. The predicted octanol–water partition coefficient (Wildman–Crippen LogP) is 1.93. The van der Waals surface area contributed by atoms with Gasteiger partial charge in [0.15, 0.2) is 11.5 Å². The second-order valence-electron chi connectivity index (χ2n) is 6.36. The van der Waals surface area contributed by atoms with E-state index in [1.165, 1.54) is 24.9 Å². The van der Waals surface area contributed by atoms with Gasteiger partial charge in [-0.3, -0.25) is 4.90 Å². The summed E-state index contributed by atoms with van der Waals surface area (Å²) in [6.45, 7) is 4.30. The smallest absolute Gasteiger partial charge is 0.161 e. The lowest BCUT2D eigenvalue weighted by molar-refractivity contribution is 0.0369. The molecule has 1 unspecified atom stereocenters. The van der Waals surface area contributed by atoms with Crippen molar-refractivity contribution in [3.05, 3.63) is 23.8 Å². The summed E-state index contributed by atoms with van der Waals surface area (Å²) in [6, 6.07) is 6.41. The van der Waals surface area contributed by atoms with E-state index >= 15 is 0 Å². The van der Waals surface area contributed by atoms with Crippen LogP contribution in [0.15, 0.2) is 18.2 Å². The molecule has 0 spiro atoms. The average Bonchev–Trinajstić information content (AvgIpc) is 2.48. The van der Waals surface area contributed by atoms with Crippen LogP contribution in [0.25, 0.3) is 0 Å². The fourth-order valence-corrected chi connectivity index (χ4v) is 3.26. The van der Waals surface area contributed by atoms with E-state index < -0.39 is 0 Å². The van der Waals surface area contributed by atoms with Crippen molar-refractivity contribution in [3.8, 4) is 11.5 Å². The van der Waals surface area contributed by atoms with E-state index in [0.717, 1.165) is 43.5 Å². The molecule has 21 heavy (non-hydrogen) atoms. The lowest BCUT2D eigenvalue weighted by Gasteiger charge is -2.36. The Kier molecular flexibility index (Phi) is 4.66. The van der Waals surface area contributed by atoms with Crippen molar-refractivity contribution in [1.82, 2.24) is 10.2 Å². The number of hydrogen-bond donors (Lipinski definition) is 1. The summed E-state index contributed by atoms with van der Waals surface area (Å²) in [7, 11) is 3.83. The van der Waals surface area contributed by atoms with Crippen LogP contribution in [-0.2, 0) is 6.42 Å². The van der Waals surface area contributed by atoms with E-state index in [9.17, 15) is 0 Å². The molecule has 0 saturated carbocycles. The molecule has 0 amide bonds. The third-order valence-corrected chi connectivity index (χ3v) is 4.48. The Hall–Kier alpha value is -1.26. The molecular formula is C17H26N2O2. The summed E-state index contributed by atoms with van der Waals surface area (Å²) in [4.78, 5) is 2.25. The standard InChI is InChI=1S/C17H26N2O2/c1-19-11-15(12-19)21-16-6-5-13(9-17(16)20-2)8-14-4-3-7-18-10-14/h5-6,9,14-15,18H,3-4,7-8,10-12H2,1-2H3. The number of rotatable bonds is 5. The average molecular weight is 290 g/mol. The maximum absolute atomic E-state index is 6.01. The molecule has 2 aliphatic heterocycles. The molecule has 2 fully saturated rings. The zero-order valence-electron chi connectivity index (χ0n) is 13.1. The minimum absolute atomic E-state index is 0.303. The van der Waals surface area contributed by atoms with Crippen LogP contribution in [0.4, 0.5) is 0 Å². The van der Waals surface area contributed by atoms with Gasteiger partial charge in [-0.25, -0.2) is 0 Å². The molecule has 4 heteroatoms. The van der Waals surface area contributed by atoms with Crippen LogP contribution < -0.4 is 14.8 Å². The largest absolute Gasteiger partial charge is 0.493 e. The molecule has 2 aliphatic rings. The number of likely N-dealkylation sites (tertiary alicyclic amines) is 1. The van der Waals surface area contributed by atoms with Crippen molar-refractivity contribution in [3.63, 3.8) is 0 Å². The van der Waals surface area contributed by atoms with Gasteiger partial charge in [0.05, 0.1) is 7.11 Å². The van der Waals surface area contributed by atoms with Crippen LogP contribution in [0.1, 0.15) is 18.4 Å². The Bertz CT molecular complexity index is 466. The molecule has 1 aromatic rings. The fourth-order valence-electron chi connectivity index (χ4n) is 3.26. The number of likely N-dealkylation sites (N-methyl/N-ethyl adjacent to an activating group) is 1. The Morgan fingerprint density at radius 1 is 1.29 bits per heavy atom. The quantitative estimate of drug-likeness (QED) is 0.898. The third kappa shape index (κ3) is 3.69. The number of piperidine rings is 1. The third-order valence-electron chi connectivity index (χ3n) is 4.48. The Morgan fingerprint density at radius 2 is 2.14 bits per heavy atom. The minimum Gasteiger partial charge on any atom is -0.493 e. The van der Waals surface area contributed by atoms with Gasteiger partial charge in [0, 0.05) is 13.1 Å². The van der Waals surface area contributed by atoms with Crippen molar-refractivity contribution < 1.29 is 9.47 Å². The van der Waals surface area contributed by atoms with Gasteiger partial charge >= 0.3 is 0 Å². The molecule has 0 aliphatic carbocycles. The molecule has 1 atom stereocenters. The summed E-state index contributed by atoms with van der Waals surface area (Å²) in [5.41, 5.74) is 1.35. The van der Waals surface area contributed by atoms with Gasteiger partial charge in [-0.2, -0.15) is 0 Å². The molecule has 0 radical (unpaired) electrons. The second-order valence-corrected chi connectivity index (χ2v) is 6.36. The van der Waals surface area contributed by atoms with Crippen LogP contribution in [-0.4, -0.2) is 51.3 Å². The number of nitrogens with one attached hydrogen (secondary N) is 1. The monoisotopic (exact) mass is 290 g/mol. The van der Waals surface area contributed by atoms with Crippen LogP contribution in [0, 0.1) is 5.92 Å².